The monoisotopic (exact) mass is 292 g/mol. The van der Waals surface area contributed by atoms with Gasteiger partial charge in [-0.3, -0.25) is 9.79 Å². The molecule has 3 nitrogen and oxygen atoms in total. The molecule has 0 bridgehead atoms. The molecule has 1 aliphatic rings. The second-order valence-electron chi connectivity index (χ2n) is 5.98. The molecule has 0 N–H and O–H groups in total. The molecule has 3 heteroatoms. The highest BCUT2D eigenvalue weighted by atomic mass is 16.2. The van der Waals surface area contributed by atoms with Gasteiger partial charge in [0.15, 0.2) is 0 Å². The molecule has 2 aromatic rings. The molecule has 0 unspecified atom stereocenters. The molecule has 3 rings (SSSR count). The van der Waals surface area contributed by atoms with Gasteiger partial charge in [-0.05, 0) is 31.5 Å². The average Bonchev–Trinajstić information content (AvgIpc) is 2.55. The number of hydrogen-bond acceptors (Lipinski definition) is 2. The Bertz CT molecular complexity index is 690. The Morgan fingerprint density at radius 1 is 1.00 bits per heavy atom. The summed E-state index contributed by atoms with van der Waals surface area (Å²) in [7, 11) is 0. The third-order valence-corrected chi connectivity index (χ3v) is 4.16. The van der Waals surface area contributed by atoms with Crippen molar-refractivity contribution in [1.82, 2.24) is 4.90 Å². The summed E-state index contributed by atoms with van der Waals surface area (Å²) in [5.41, 5.74) is 2.36. The van der Waals surface area contributed by atoms with E-state index in [0.717, 1.165) is 16.8 Å². The highest BCUT2D eigenvalue weighted by molar-refractivity contribution is 6.10. The van der Waals surface area contributed by atoms with Gasteiger partial charge in [-0.1, -0.05) is 48.5 Å². The van der Waals surface area contributed by atoms with Crippen LogP contribution < -0.4 is 0 Å². The molecule has 1 aliphatic heterocycles. The Labute approximate surface area is 131 Å². The molecule has 1 heterocycles. The second-order valence-corrected chi connectivity index (χ2v) is 5.98. The third-order valence-electron chi connectivity index (χ3n) is 4.16. The predicted octanol–water partition coefficient (Wildman–Crippen LogP) is 3.41. The molecule has 0 saturated carbocycles. The summed E-state index contributed by atoms with van der Waals surface area (Å²) in [4.78, 5) is 19.5. The van der Waals surface area contributed by atoms with Gasteiger partial charge in [-0.2, -0.15) is 0 Å². The fraction of sp³-hybridized carbons (Fsp3) is 0.263. The summed E-state index contributed by atoms with van der Waals surface area (Å²) in [6, 6.07) is 19.6. The zero-order valence-electron chi connectivity index (χ0n) is 13.0. The van der Waals surface area contributed by atoms with Gasteiger partial charge in [-0.25, -0.2) is 0 Å². The first kappa shape index (κ1) is 14.5. The van der Waals surface area contributed by atoms with Crippen LogP contribution in [-0.4, -0.2) is 35.1 Å². The van der Waals surface area contributed by atoms with Crippen molar-refractivity contribution in [2.45, 2.75) is 19.4 Å². The Kier molecular flexibility index (Phi) is 3.80. The molecule has 1 amide bonds. The fourth-order valence-corrected chi connectivity index (χ4v) is 3.00. The van der Waals surface area contributed by atoms with Crippen LogP contribution in [0.15, 0.2) is 65.7 Å². The molecule has 0 aromatic heterocycles. The largest absolute Gasteiger partial charge is 0.326 e. The SMILES string of the molecule is CC1(C)C(c2ccccc2)=NCCN1C(=O)c1ccccc1. The van der Waals surface area contributed by atoms with Crippen LogP contribution in [0.25, 0.3) is 0 Å². The molecular weight excluding hydrogens is 272 g/mol. The fourth-order valence-electron chi connectivity index (χ4n) is 3.00. The third kappa shape index (κ3) is 2.54. The minimum absolute atomic E-state index is 0.0638. The molecule has 0 spiro atoms. The summed E-state index contributed by atoms with van der Waals surface area (Å²) < 4.78 is 0. The Morgan fingerprint density at radius 2 is 1.59 bits per heavy atom. The number of hydrogen-bond donors (Lipinski definition) is 0. The summed E-state index contributed by atoms with van der Waals surface area (Å²) in [6.07, 6.45) is 0. The highest BCUT2D eigenvalue weighted by Crippen LogP contribution is 2.26. The van der Waals surface area contributed by atoms with Gasteiger partial charge in [0.05, 0.1) is 17.8 Å². The van der Waals surface area contributed by atoms with Crippen LogP contribution in [0.4, 0.5) is 0 Å². The summed E-state index contributed by atoms with van der Waals surface area (Å²) in [5.74, 6) is 0.0638. The first-order valence-corrected chi connectivity index (χ1v) is 7.58. The van der Waals surface area contributed by atoms with Gasteiger partial charge in [0.25, 0.3) is 5.91 Å². The minimum atomic E-state index is -0.424. The maximum Gasteiger partial charge on any atom is 0.254 e. The normalized spacial score (nSPS) is 17.0. The van der Waals surface area contributed by atoms with Crippen LogP contribution in [0.1, 0.15) is 29.8 Å². The van der Waals surface area contributed by atoms with Crippen LogP contribution in [-0.2, 0) is 0 Å². The van der Waals surface area contributed by atoms with Crippen molar-refractivity contribution >= 4 is 11.6 Å². The van der Waals surface area contributed by atoms with Gasteiger partial charge in [0, 0.05) is 12.1 Å². The summed E-state index contributed by atoms with van der Waals surface area (Å²) in [5, 5.41) is 0. The number of carbonyl (C=O) groups excluding carboxylic acids is 1. The first-order valence-electron chi connectivity index (χ1n) is 7.58. The van der Waals surface area contributed by atoms with Gasteiger partial charge in [0.1, 0.15) is 0 Å². The molecule has 0 atom stereocenters. The number of nitrogens with zero attached hydrogens (tertiary/aromatic N) is 2. The maximum absolute atomic E-state index is 12.9. The van der Waals surface area contributed by atoms with Gasteiger partial charge < -0.3 is 4.90 Å². The van der Waals surface area contributed by atoms with E-state index in [0.29, 0.717) is 13.1 Å². The summed E-state index contributed by atoms with van der Waals surface area (Å²) in [6.45, 7) is 5.43. The van der Waals surface area contributed by atoms with Crippen molar-refractivity contribution in [2.24, 2.45) is 4.99 Å². The predicted molar refractivity (Wildman–Crippen MR) is 89.4 cm³/mol. The second kappa shape index (κ2) is 5.76. The van der Waals surface area contributed by atoms with Crippen LogP contribution in [0.2, 0.25) is 0 Å². The lowest BCUT2D eigenvalue weighted by molar-refractivity contribution is 0.0644. The van der Waals surface area contributed by atoms with Crippen molar-refractivity contribution in [3.05, 3.63) is 71.8 Å². The maximum atomic E-state index is 12.9. The van der Waals surface area contributed by atoms with Crippen molar-refractivity contribution in [3.8, 4) is 0 Å². The number of amides is 1. The molecule has 0 saturated heterocycles. The van der Waals surface area contributed by atoms with E-state index in [1.165, 1.54) is 0 Å². The Hall–Kier alpha value is -2.42. The molecule has 2 aromatic carbocycles. The highest BCUT2D eigenvalue weighted by Gasteiger charge is 2.38. The lowest BCUT2D eigenvalue weighted by Gasteiger charge is -2.42. The van der Waals surface area contributed by atoms with Crippen LogP contribution in [0.3, 0.4) is 0 Å². The van der Waals surface area contributed by atoms with Gasteiger partial charge in [-0.15, -0.1) is 0 Å². The molecule has 0 fully saturated rings. The van der Waals surface area contributed by atoms with E-state index in [2.05, 4.69) is 26.0 Å². The lowest BCUT2D eigenvalue weighted by Crippen LogP contribution is -2.56. The van der Waals surface area contributed by atoms with E-state index < -0.39 is 5.54 Å². The van der Waals surface area contributed by atoms with E-state index in [1.807, 2.05) is 53.4 Å². The van der Waals surface area contributed by atoms with Gasteiger partial charge >= 0.3 is 0 Å². The zero-order valence-corrected chi connectivity index (χ0v) is 13.0. The molecule has 112 valence electrons. The van der Waals surface area contributed by atoms with E-state index in [4.69, 9.17) is 4.99 Å². The van der Waals surface area contributed by atoms with Crippen molar-refractivity contribution in [2.75, 3.05) is 13.1 Å². The molecular formula is C19H20N2O. The van der Waals surface area contributed by atoms with Crippen molar-refractivity contribution < 1.29 is 4.79 Å². The number of aliphatic imine (C=N–C) groups is 1. The number of benzene rings is 2. The summed E-state index contributed by atoms with van der Waals surface area (Å²) >= 11 is 0. The van der Waals surface area contributed by atoms with E-state index in [9.17, 15) is 4.79 Å². The van der Waals surface area contributed by atoms with E-state index in [-0.39, 0.29) is 5.91 Å². The van der Waals surface area contributed by atoms with Crippen molar-refractivity contribution in [1.29, 1.82) is 0 Å². The molecule has 22 heavy (non-hydrogen) atoms. The Balaban J connectivity index is 1.95. The van der Waals surface area contributed by atoms with Crippen LogP contribution in [0.5, 0.6) is 0 Å². The quantitative estimate of drug-likeness (QED) is 0.835. The minimum Gasteiger partial charge on any atom is -0.326 e. The smallest absolute Gasteiger partial charge is 0.254 e. The number of rotatable bonds is 2. The standard InChI is InChI=1S/C19H20N2O/c1-19(2)17(15-9-5-3-6-10-15)20-13-14-21(19)18(22)16-11-7-4-8-12-16/h3-12H,13-14H2,1-2H3. The molecule has 0 radical (unpaired) electrons. The van der Waals surface area contributed by atoms with Crippen LogP contribution >= 0.6 is 0 Å². The first-order chi connectivity index (χ1) is 10.6. The lowest BCUT2D eigenvalue weighted by atomic mass is 9.88. The van der Waals surface area contributed by atoms with Crippen molar-refractivity contribution in [3.63, 3.8) is 0 Å². The van der Waals surface area contributed by atoms with E-state index >= 15 is 0 Å². The van der Waals surface area contributed by atoms with Crippen LogP contribution in [0, 0.1) is 0 Å². The Morgan fingerprint density at radius 3 is 2.23 bits per heavy atom. The molecule has 0 aliphatic carbocycles. The van der Waals surface area contributed by atoms with E-state index in [1.54, 1.807) is 0 Å². The zero-order chi connectivity index (χ0) is 15.6. The van der Waals surface area contributed by atoms with Gasteiger partial charge in [0.2, 0.25) is 0 Å². The average molecular weight is 292 g/mol. The topological polar surface area (TPSA) is 32.7 Å². The number of carbonyl (C=O) groups is 1.